The summed E-state index contributed by atoms with van der Waals surface area (Å²) in [6.45, 7) is 3.29. The van der Waals surface area contributed by atoms with Gasteiger partial charge in [-0.05, 0) is 62.5 Å². The molecule has 0 fully saturated rings. The van der Waals surface area contributed by atoms with Gasteiger partial charge in [-0.2, -0.15) is 0 Å². The highest BCUT2D eigenvalue weighted by Crippen LogP contribution is 2.31. The summed E-state index contributed by atoms with van der Waals surface area (Å²) in [6, 6.07) is 13.1. The lowest BCUT2D eigenvalue weighted by Crippen LogP contribution is -2.34. The van der Waals surface area contributed by atoms with Crippen LogP contribution in [-0.4, -0.2) is 52.3 Å². The Kier molecular flexibility index (Phi) is 8.80. The Morgan fingerprint density at radius 1 is 1.03 bits per heavy atom. The van der Waals surface area contributed by atoms with E-state index in [4.69, 9.17) is 14.2 Å². The van der Waals surface area contributed by atoms with Crippen LogP contribution in [0.1, 0.15) is 41.7 Å². The summed E-state index contributed by atoms with van der Waals surface area (Å²) in [5.41, 5.74) is 1.64. The normalized spacial score (nSPS) is 11.8. The Labute approximate surface area is 173 Å². The van der Waals surface area contributed by atoms with Gasteiger partial charge in [-0.25, -0.2) is 0 Å². The molecule has 0 saturated heterocycles. The molecule has 0 aliphatic rings. The predicted molar refractivity (Wildman–Crippen MR) is 115 cm³/mol. The summed E-state index contributed by atoms with van der Waals surface area (Å²) in [4.78, 5) is 14.6. The van der Waals surface area contributed by atoms with E-state index in [2.05, 4.69) is 17.1 Å². The number of hydrogen-bond acceptors (Lipinski definition) is 5. The Morgan fingerprint density at radius 2 is 1.72 bits per heavy atom. The monoisotopic (exact) mass is 400 g/mol. The fourth-order valence-corrected chi connectivity index (χ4v) is 2.99. The van der Waals surface area contributed by atoms with Crippen molar-refractivity contribution in [3.05, 3.63) is 53.6 Å². The van der Waals surface area contributed by atoms with Crippen molar-refractivity contribution in [2.45, 2.75) is 25.8 Å². The van der Waals surface area contributed by atoms with E-state index in [1.807, 2.05) is 44.4 Å². The summed E-state index contributed by atoms with van der Waals surface area (Å²) in [5, 5.41) is 3.02. The van der Waals surface area contributed by atoms with E-state index in [0.29, 0.717) is 30.2 Å². The molecule has 29 heavy (non-hydrogen) atoms. The maximum Gasteiger partial charge on any atom is 0.251 e. The number of amides is 1. The van der Waals surface area contributed by atoms with E-state index < -0.39 is 0 Å². The van der Waals surface area contributed by atoms with Gasteiger partial charge in [0.2, 0.25) is 0 Å². The molecule has 1 N–H and O–H groups in total. The largest absolute Gasteiger partial charge is 0.494 e. The standard InChI is InChI=1S/C23H32N2O4/c1-6-7-14-29-19-11-8-17(9-12-19)23(26)24-16-20(25(2)3)18-10-13-21(27-4)22(15-18)28-5/h8-13,15,20H,6-7,14,16H2,1-5H3,(H,24,26)/t20-/m0/s1. The molecular weight excluding hydrogens is 368 g/mol. The number of ether oxygens (including phenoxy) is 3. The Balaban J connectivity index is 2.02. The molecule has 6 heteroatoms. The second kappa shape index (κ2) is 11.3. The lowest BCUT2D eigenvalue weighted by molar-refractivity contribution is 0.0942. The van der Waals surface area contributed by atoms with Crippen LogP contribution in [0.3, 0.4) is 0 Å². The number of unbranched alkanes of at least 4 members (excludes halogenated alkanes) is 1. The van der Waals surface area contributed by atoms with E-state index in [1.165, 1.54) is 0 Å². The predicted octanol–water partition coefficient (Wildman–Crippen LogP) is 3.92. The van der Waals surface area contributed by atoms with E-state index in [1.54, 1.807) is 26.4 Å². The third-order valence-electron chi connectivity index (χ3n) is 4.75. The van der Waals surface area contributed by atoms with E-state index in [0.717, 1.165) is 24.2 Å². The number of methoxy groups -OCH3 is 2. The van der Waals surface area contributed by atoms with Crippen molar-refractivity contribution in [3.8, 4) is 17.2 Å². The van der Waals surface area contributed by atoms with Crippen molar-refractivity contribution in [1.82, 2.24) is 10.2 Å². The van der Waals surface area contributed by atoms with Crippen LogP contribution in [0.25, 0.3) is 0 Å². The van der Waals surface area contributed by atoms with Crippen molar-refractivity contribution in [3.63, 3.8) is 0 Å². The number of carbonyl (C=O) groups is 1. The molecule has 0 aliphatic carbocycles. The topological polar surface area (TPSA) is 60.0 Å². The smallest absolute Gasteiger partial charge is 0.251 e. The molecule has 2 aromatic carbocycles. The second-order valence-electron chi connectivity index (χ2n) is 7.03. The van der Waals surface area contributed by atoms with Crippen molar-refractivity contribution < 1.29 is 19.0 Å². The highest BCUT2D eigenvalue weighted by molar-refractivity contribution is 5.94. The SMILES string of the molecule is CCCCOc1ccc(C(=O)NC[C@@H](c2ccc(OC)c(OC)c2)N(C)C)cc1. The van der Waals surface area contributed by atoms with Gasteiger partial charge in [0.1, 0.15) is 5.75 Å². The van der Waals surface area contributed by atoms with Crippen LogP contribution in [-0.2, 0) is 0 Å². The summed E-state index contributed by atoms with van der Waals surface area (Å²) < 4.78 is 16.4. The number of hydrogen-bond donors (Lipinski definition) is 1. The molecule has 0 aliphatic heterocycles. The van der Waals surface area contributed by atoms with Gasteiger partial charge in [0.15, 0.2) is 11.5 Å². The lowest BCUT2D eigenvalue weighted by atomic mass is 10.0. The fraction of sp³-hybridized carbons (Fsp3) is 0.435. The molecule has 0 spiro atoms. The van der Waals surface area contributed by atoms with Gasteiger partial charge < -0.3 is 24.4 Å². The number of benzene rings is 2. The van der Waals surface area contributed by atoms with Crippen molar-refractivity contribution in [2.75, 3.05) is 41.5 Å². The zero-order valence-corrected chi connectivity index (χ0v) is 18.0. The van der Waals surface area contributed by atoms with Crippen LogP contribution in [0.4, 0.5) is 0 Å². The van der Waals surface area contributed by atoms with Gasteiger partial charge in [-0.1, -0.05) is 19.4 Å². The maximum absolute atomic E-state index is 12.6. The van der Waals surface area contributed by atoms with Crippen LogP contribution >= 0.6 is 0 Å². The van der Waals surface area contributed by atoms with Crippen LogP contribution in [0.5, 0.6) is 17.2 Å². The van der Waals surface area contributed by atoms with Crippen LogP contribution in [0.2, 0.25) is 0 Å². The first-order valence-corrected chi connectivity index (χ1v) is 9.89. The summed E-state index contributed by atoms with van der Waals surface area (Å²) in [5.74, 6) is 2.02. The first kappa shape index (κ1) is 22.6. The Bertz CT molecular complexity index is 775. The van der Waals surface area contributed by atoms with Crippen LogP contribution < -0.4 is 19.5 Å². The molecule has 0 unspecified atom stereocenters. The summed E-state index contributed by atoms with van der Waals surface area (Å²) in [6.07, 6.45) is 2.11. The number of rotatable bonds is 11. The molecule has 2 aromatic rings. The zero-order valence-electron chi connectivity index (χ0n) is 18.0. The van der Waals surface area contributed by atoms with Crippen molar-refractivity contribution in [1.29, 1.82) is 0 Å². The van der Waals surface area contributed by atoms with Gasteiger partial charge in [0.05, 0.1) is 26.9 Å². The molecule has 0 aromatic heterocycles. The van der Waals surface area contributed by atoms with Gasteiger partial charge in [-0.3, -0.25) is 4.79 Å². The molecule has 0 radical (unpaired) electrons. The molecule has 0 bridgehead atoms. The first-order chi connectivity index (χ1) is 14.0. The number of likely N-dealkylation sites (N-methyl/N-ethyl adjacent to an activating group) is 1. The third kappa shape index (κ3) is 6.39. The molecule has 1 atom stereocenters. The average molecular weight is 401 g/mol. The first-order valence-electron chi connectivity index (χ1n) is 9.89. The molecule has 0 saturated carbocycles. The molecular formula is C23H32N2O4. The molecule has 2 rings (SSSR count). The second-order valence-corrected chi connectivity index (χ2v) is 7.03. The Hall–Kier alpha value is -2.73. The van der Waals surface area contributed by atoms with Crippen molar-refractivity contribution >= 4 is 5.91 Å². The fourth-order valence-electron chi connectivity index (χ4n) is 2.99. The van der Waals surface area contributed by atoms with Gasteiger partial charge in [0.25, 0.3) is 5.91 Å². The Morgan fingerprint density at radius 3 is 2.31 bits per heavy atom. The molecule has 0 heterocycles. The van der Waals surface area contributed by atoms with Gasteiger partial charge >= 0.3 is 0 Å². The van der Waals surface area contributed by atoms with Gasteiger partial charge in [-0.15, -0.1) is 0 Å². The van der Waals surface area contributed by atoms with E-state index >= 15 is 0 Å². The molecule has 6 nitrogen and oxygen atoms in total. The number of nitrogens with zero attached hydrogens (tertiary/aromatic N) is 1. The maximum atomic E-state index is 12.6. The molecule has 158 valence electrons. The average Bonchev–Trinajstić information content (AvgIpc) is 2.74. The van der Waals surface area contributed by atoms with E-state index in [9.17, 15) is 4.79 Å². The summed E-state index contributed by atoms with van der Waals surface area (Å²) in [7, 11) is 7.19. The quantitative estimate of drug-likeness (QED) is 0.580. The minimum atomic E-state index is -0.113. The lowest BCUT2D eigenvalue weighted by Gasteiger charge is -2.26. The highest BCUT2D eigenvalue weighted by atomic mass is 16.5. The van der Waals surface area contributed by atoms with Crippen LogP contribution in [0, 0.1) is 0 Å². The highest BCUT2D eigenvalue weighted by Gasteiger charge is 2.18. The van der Waals surface area contributed by atoms with E-state index in [-0.39, 0.29) is 11.9 Å². The zero-order chi connectivity index (χ0) is 21.2. The minimum Gasteiger partial charge on any atom is -0.494 e. The third-order valence-corrected chi connectivity index (χ3v) is 4.75. The minimum absolute atomic E-state index is 0.00425. The number of nitrogens with one attached hydrogen (secondary N) is 1. The van der Waals surface area contributed by atoms with Gasteiger partial charge in [0, 0.05) is 12.1 Å². The molecule has 1 amide bonds. The summed E-state index contributed by atoms with van der Waals surface area (Å²) >= 11 is 0. The van der Waals surface area contributed by atoms with Crippen LogP contribution in [0.15, 0.2) is 42.5 Å². The number of carbonyl (C=O) groups excluding carboxylic acids is 1. The van der Waals surface area contributed by atoms with Crippen molar-refractivity contribution in [2.24, 2.45) is 0 Å².